The molecule has 0 radical (unpaired) electrons. The van der Waals surface area contributed by atoms with Crippen molar-refractivity contribution in [3.8, 4) is 0 Å². The fourth-order valence-corrected chi connectivity index (χ4v) is 3.43. The lowest BCUT2D eigenvalue weighted by atomic mass is 9.91. The Kier molecular flexibility index (Phi) is 4.24. The van der Waals surface area contributed by atoms with E-state index in [4.69, 9.17) is 0 Å². The maximum absolute atomic E-state index is 12.8. The van der Waals surface area contributed by atoms with Gasteiger partial charge in [0.1, 0.15) is 0 Å². The fraction of sp³-hybridized carbons (Fsp3) is 0.938. The van der Waals surface area contributed by atoms with E-state index in [1.165, 1.54) is 12.8 Å². The minimum absolute atomic E-state index is 0.197. The molecule has 3 heteroatoms. The molecule has 1 N–H and O–H groups in total. The number of rotatable bonds is 4. The molecule has 0 aromatic carbocycles. The molecule has 2 rings (SSSR count). The molecule has 1 spiro atoms. The Hall–Kier alpha value is -0.570. The lowest BCUT2D eigenvalue weighted by Gasteiger charge is -2.28. The first-order valence-corrected chi connectivity index (χ1v) is 7.97. The summed E-state index contributed by atoms with van der Waals surface area (Å²) >= 11 is 0. The highest BCUT2D eigenvalue weighted by Crippen LogP contribution is 2.37. The zero-order valence-electron chi connectivity index (χ0n) is 13.1. The first-order valence-electron chi connectivity index (χ1n) is 7.97. The van der Waals surface area contributed by atoms with Crippen LogP contribution < -0.4 is 5.32 Å². The van der Waals surface area contributed by atoms with Crippen LogP contribution in [0.1, 0.15) is 72.6 Å². The third-order valence-electron chi connectivity index (χ3n) is 4.61. The van der Waals surface area contributed by atoms with E-state index in [1.54, 1.807) is 0 Å². The standard InChI is InChI=1S/C16H30N2O/c1-5-8-13-17-16(9-6-7-10-16)14(19)18(13)12-11-15(2,3)4/h13,17H,5-12H2,1-4H3. The van der Waals surface area contributed by atoms with Crippen molar-refractivity contribution in [2.75, 3.05) is 6.54 Å². The van der Waals surface area contributed by atoms with Gasteiger partial charge >= 0.3 is 0 Å². The number of carbonyl (C=O) groups is 1. The Morgan fingerprint density at radius 3 is 2.47 bits per heavy atom. The van der Waals surface area contributed by atoms with Crippen LogP contribution in [0.25, 0.3) is 0 Å². The van der Waals surface area contributed by atoms with E-state index in [1.807, 2.05) is 0 Å². The number of hydrogen-bond acceptors (Lipinski definition) is 2. The number of nitrogens with zero attached hydrogens (tertiary/aromatic N) is 1. The van der Waals surface area contributed by atoms with E-state index in [0.717, 1.165) is 38.6 Å². The summed E-state index contributed by atoms with van der Waals surface area (Å²) < 4.78 is 0. The molecule has 1 aliphatic carbocycles. The molecule has 1 aliphatic heterocycles. The molecule has 110 valence electrons. The van der Waals surface area contributed by atoms with Gasteiger partial charge in [-0.15, -0.1) is 0 Å². The fourth-order valence-electron chi connectivity index (χ4n) is 3.43. The van der Waals surface area contributed by atoms with Gasteiger partial charge in [0.25, 0.3) is 0 Å². The molecule has 0 aromatic heterocycles. The van der Waals surface area contributed by atoms with E-state index >= 15 is 0 Å². The van der Waals surface area contributed by atoms with Gasteiger partial charge in [0.15, 0.2) is 0 Å². The van der Waals surface area contributed by atoms with Gasteiger partial charge < -0.3 is 4.90 Å². The molecule has 1 heterocycles. The quantitative estimate of drug-likeness (QED) is 0.847. The Morgan fingerprint density at radius 2 is 1.95 bits per heavy atom. The second-order valence-corrected chi connectivity index (χ2v) is 7.55. The van der Waals surface area contributed by atoms with E-state index in [9.17, 15) is 4.79 Å². The van der Waals surface area contributed by atoms with Crippen LogP contribution in [0, 0.1) is 5.41 Å². The summed E-state index contributed by atoms with van der Waals surface area (Å²) in [4.78, 5) is 14.9. The van der Waals surface area contributed by atoms with Gasteiger partial charge in [-0.05, 0) is 31.1 Å². The largest absolute Gasteiger partial charge is 0.326 e. The summed E-state index contributed by atoms with van der Waals surface area (Å²) in [7, 11) is 0. The zero-order valence-corrected chi connectivity index (χ0v) is 13.1. The van der Waals surface area contributed by atoms with Crippen LogP contribution in [0.5, 0.6) is 0 Å². The molecule has 1 saturated heterocycles. The summed E-state index contributed by atoms with van der Waals surface area (Å²) in [5, 5.41) is 3.68. The summed E-state index contributed by atoms with van der Waals surface area (Å²) in [6.07, 6.45) is 8.05. The Labute approximate surface area is 118 Å². The van der Waals surface area contributed by atoms with Gasteiger partial charge in [0.2, 0.25) is 5.91 Å². The predicted molar refractivity (Wildman–Crippen MR) is 78.8 cm³/mol. The maximum atomic E-state index is 12.8. The summed E-state index contributed by atoms with van der Waals surface area (Å²) in [5.74, 6) is 0.382. The van der Waals surface area contributed by atoms with Crippen molar-refractivity contribution < 1.29 is 4.79 Å². The molecule has 2 aliphatic rings. The molecular weight excluding hydrogens is 236 g/mol. The molecular formula is C16H30N2O. The first-order chi connectivity index (χ1) is 8.88. The number of nitrogens with one attached hydrogen (secondary N) is 1. The number of amides is 1. The molecule has 3 nitrogen and oxygen atoms in total. The van der Waals surface area contributed by atoms with Gasteiger partial charge in [-0.2, -0.15) is 0 Å². The van der Waals surface area contributed by atoms with Gasteiger partial charge in [0, 0.05) is 6.54 Å². The minimum atomic E-state index is -0.197. The lowest BCUT2D eigenvalue weighted by Crippen LogP contribution is -2.44. The van der Waals surface area contributed by atoms with E-state index in [-0.39, 0.29) is 11.7 Å². The molecule has 1 unspecified atom stereocenters. The normalized spacial score (nSPS) is 26.6. The Balaban J connectivity index is 2.07. The third-order valence-corrected chi connectivity index (χ3v) is 4.61. The molecule has 1 saturated carbocycles. The SMILES string of the molecule is CCCC1NC2(CCCC2)C(=O)N1CCC(C)(C)C. The van der Waals surface area contributed by atoms with Crippen LogP contribution in [0.4, 0.5) is 0 Å². The van der Waals surface area contributed by atoms with Crippen LogP contribution >= 0.6 is 0 Å². The Morgan fingerprint density at radius 1 is 1.32 bits per heavy atom. The minimum Gasteiger partial charge on any atom is -0.326 e. The number of carbonyl (C=O) groups excluding carboxylic acids is 1. The predicted octanol–water partition coefficient (Wildman–Crippen LogP) is 3.29. The van der Waals surface area contributed by atoms with Crippen molar-refractivity contribution in [1.29, 1.82) is 0 Å². The maximum Gasteiger partial charge on any atom is 0.244 e. The molecule has 2 fully saturated rings. The van der Waals surface area contributed by atoms with Crippen LogP contribution in [-0.2, 0) is 4.79 Å². The zero-order chi connectivity index (χ0) is 14.1. The average molecular weight is 266 g/mol. The van der Waals surface area contributed by atoms with Gasteiger partial charge in [-0.25, -0.2) is 0 Å². The summed E-state index contributed by atoms with van der Waals surface area (Å²) in [5.41, 5.74) is 0.0974. The van der Waals surface area contributed by atoms with Crippen molar-refractivity contribution in [3.05, 3.63) is 0 Å². The van der Waals surface area contributed by atoms with Crippen molar-refractivity contribution in [1.82, 2.24) is 10.2 Å². The third kappa shape index (κ3) is 3.13. The van der Waals surface area contributed by atoms with Crippen molar-refractivity contribution >= 4 is 5.91 Å². The summed E-state index contributed by atoms with van der Waals surface area (Å²) in [6.45, 7) is 9.86. The van der Waals surface area contributed by atoms with E-state index in [0.29, 0.717) is 11.3 Å². The summed E-state index contributed by atoms with van der Waals surface area (Å²) in [6, 6.07) is 0. The topological polar surface area (TPSA) is 32.3 Å². The van der Waals surface area contributed by atoms with Crippen LogP contribution in [0.15, 0.2) is 0 Å². The number of hydrogen-bond donors (Lipinski definition) is 1. The Bertz CT molecular complexity index is 326. The molecule has 19 heavy (non-hydrogen) atoms. The highest BCUT2D eigenvalue weighted by molar-refractivity contribution is 5.89. The first kappa shape index (κ1) is 14.8. The van der Waals surface area contributed by atoms with E-state index in [2.05, 4.69) is 37.9 Å². The van der Waals surface area contributed by atoms with Crippen molar-refractivity contribution in [2.45, 2.75) is 84.3 Å². The van der Waals surface area contributed by atoms with E-state index < -0.39 is 0 Å². The molecule has 1 amide bonds. The van der Waals surface area contributed by atoms with Gasteiger partial charge in [-0.1, -0.05) is 47.0 Å². The van der Waals surface area contributed by atoms with Crippen molar-refractivity contribution in [2.24, 2.45) is 5.41 Å². The van der Waals surface area contributed by atoms with Crippen LogP contribution in [-0.4, -0.2) is 29.1 Å². The monoisotopic (exact) mass is 266 g/mol. The van der Waals surface area contributed by atoms with Crippen LogP contribution in [0.3, 0.4) is 0 Å². The molecule has 1 atom stereocenters. The molecule has 0 aromatic rings. The van der Waals surface area contributed by atoms with Crippen LogP contribution in [0.2, 0.25) is 0 Å². The molecule has 0 bridgehead atoms. The van der Waals surface area contributed by atoms with Gasteiger partial charge in [-0.3, -0.25) is 10.1 Å². The van der Waals surface area contributed by atoms with Gasteiger partial charge in [0.05, 0.1) is 11.7 Å². The second kappa shape index (κ2) is 5.43. The highest BCUT2D eigenvalue weighted by atomic mass is 16.2. The highest BCUT2D eigenvalue weighted by Gasteiger charge is 2.51. The smallest absolute Gasteiger partial charge is 0.244 e. The second-order valence-electron chi connectivity index (χ2n) is 7.55. The van der Waals surface area contributed by atoms with Crippen molar-refractivity contribution in [3.63, 3.8) is 0 Å². The average Bonchev–Trinajstić information content (AvgIpc) is 2.86. The lowest BCUT2D eigenvalue weighted by molar-refractivity contribution is -0.133.